The Morgan fingerprint density at radius 1 is 1.35 bits per heavy atom. The van der Waals surface area contributed by atoms with Crippen LogP contribution in [0.5, 0.6) is 0 Å². The van der Waals surface area contributed by atoms with Gasteiger partial charge in [-0.25, -0.2) is 0 Å². The standard InChI is InChI=1S/C17H20N4O4S/c1-25-6-4-20-12-3-2-11(15(20)23)9-19(10-12)16(24)13-8-14(22)18-17-21(13)5-7-26-17/h5,7-8,11-12H,2-4,6,9-10H2,1H3/t11-,12+/m0/s1. The zero-order valence-electron chi connectivity index (χ0n) is 14.5. The quantitative estimate of drug-likeness (QED) is 0.774. The van der Waals surface area contributed by atoms with Crippen LogP contribution in [0.25, 0.3) is 4.96 Å². The summed E-state index contributed by atoms with van der Waals surface area (Å²) in [7, 11) is 1.61. The number of aromatic nitrogens is 2. The molecular weight excluding hydrogens is 356 g/mol. The molecule has 26 heavy (non-hydrogen) atoms. The first-order chi connectivity index (χ1) is 12.6. The van der Waals surface area contributed by atoms with Gasteiger partial charge in [-0.3, -0.25) is 18.8 Å². The summed E-state index contributed by atoms with van der Waals surface area (Å²) in [6.07, 6.45) is 3.41. The van der Waals surface area contributed by atoms with Crippen LogP contribution in [0.15, 0.2) is 22.4 Å². The van der Waals surface area contributed by atoms with E-state index in [1.165, 1.54) is 17.4 Å². The van der Waals surface area contributed by atoms with E-state index in [0.717, 1.165) is 12.8 Å². The minimum absolute atomic E-state index is 0.00289. The highest BCUT2D eigenvalue weighted by atomic mass is 32.1. The lowest BCUT2D eigenvalue weighted by molar-refractivity contribution is -0.140. The molecule has 0 N–H and O–H groups in total. The van der Waals surface area contributed by atoms with Gasteiger partial charge < -0.3 is 14.5 Å². The Hall–Kier alpha value is -2.26. The van der Waals surface area contributed by atoms with Gasteiger partial charge in [-0.05, 0) is 12.8 Å². The van der Waals surface area contributed by atoms with Crippen LogP contribution >= 0.6 is 11.3 Å². The van der Waals surface area contributed by atoms with E-state index in [2.05, 4.69) is 4.98 Å². The van der Waals surface area contributed by atoms with Crippen LogP contribution in [0, 0.1) is 5.92 Å². The van der Waals surface area contributed by atoms with Crippen molar-refractivity contribution in [1.29, 1.82) is 0 Å². The van der Waals surface area contributed by atoms with Crippen LogP contribution < -0.4 is 5.56 Å². The second-order valence-corrected chi connectivity index (χ2v) is 7.57. The van der Waals surface area contributed by atoms with E-state index in [1.807, 2.05) is 4.90 Å². The number of ether oxygens (including phenoxy) is 1. The van der Waals surface area contributed by atoms with Crippen LogP contribution in [0.3, 0.4) is 0 Å². The second kappa shape index (κ2) is 6.81. The Labute approximate surface area is 154 Å². The van der Waals surface area contributed by atoms with E-state index >= 15 is 0 Å². The zero-order valence-corrected chi connectivity index (χ0v) is 15.3. The van der Waals surface area contributed by atoms with Gasteiger partial charge in [0.25, 0.3) is 11.5 Å². The molecule has 3 saturated heterocycles. The lowest BCUT2D eigenvalue weighted by Gasteiger charge is -2.35. The molecule has 0 saturated carbocycles. The number of carbonyl (C=O) groups excluding carboxylic acids is 2. The fraction of sp³-hybridized carbons (Fsp3) is 0.529. The van der Waals surface area contributed by atoms with Crippen LogP contribution in [-0.4, -0.2) is 70.4 Å². The first-order valence-corrected chi connectivity index (χ1v) is 9.52. The minimum atomic E-state index is -0.425. The molecule has 3 fully saturated rings. The molecule has 3 aliphatic heterocycles. The van der Waals surface area contributed by atoms with Crippen LogP contribution in [0.4, 0.5) is 0 Å². The SMILES string of the molecule is COCCN1C(=O)[C@H]2CC[C@@H]1CN(C(=O)c1cc(=O)nc3sccn13)C2. The summed E-state index contributed by atoms with van der Waals surface area (Å²) in [6, 6.07) is 1.27. The largest absolute Gasteiger partial charge is 0.383 e. The van der Waals surface area contributed by atoms with Crippen molar-refractivity contribution in [1.82, 2.24) is 19.2 Å². The van der Waals surface area contributed by atoms with Gasteiger partial charge in [0.1, 0.15) is 5.69 Å². The number of fused-ring (bicyclic) bond motifs is 5. The number of hydrogen-bond acceptors (Lipinski definition) is 6. The maximum Gasteiger partial charge on any atom is 0.274 e. The molecule has 0 unspecified atom stereocenters. The maximum atomic E-state index is 13.2. The number of thiazole rings is 1. The highest BCUT2D eigenvalue weighted by molar-refractivity contribution is 7.15. The van der Waals surface area contributed by atoms with Crippen molar-refractivity contribution in [2.75, 3.05) is 33.4 Å². The number of methoxy groups -OCH3 is 1. The molecule has 9 heteroatoms. The summed E-state index contributed by atoms with van der Waals surface area (Å²) in [5.74, 6) is -0.316. The first-order valence-electron chi connectivity index (χ1n) is 8.64. The Morgan fingerprint density at radius 2 is 2.19 bits per heavy atom. The molecule has 0 aromatic carbocycles. The van der Waals surface area contributed by atoms with Gasteiger partial charge in [0.2, 0.25) is 5.91 Å². The fourth-order valence-electron chi connectivity index (χ4n) is 3.87. The smallest absolute Gasteiger partial charge is 0.274 e. The Bertz CT molecular complexity index is 908. The maximum absolute atomic E-state index is 13.2. The summed E-state index contributed by atoms with van der Waals surface area (Å²) >= 11 is 1.31. The molecule has 2 aromatic rings. The molecule has 3 aliphatic rings. The highest BCUT2D eigenvalue weighted by Crippen LogP contribution is 2.29. The third-order valence-corrected chi connectivity index (χ3v) is 5.91. The van der Waals surface area contributed by atoms with Gasteiger partial charge in [0, 0.05) is 50.4 Å². The number of hydrogen-bond donors (Lipinski definition) is 0. The molecule has 5 rings (SSSR count). The van der Waals surface area contributed by atoms with E-state index in [9.17, 15) is 14.4 Å². The summed E-state index contributed by atoms with van der Waals surface area (Å²) < 4.78 is 6.76. The van der Waals surface area contributed by atoms with E-state index in [-0.39, 0.29) is 23.8 Å². The first kappa shape index (κ1) is 17.2. The van der Waals surface area contributed by atoms with Gasteiger partial charge >= 0.3 is 0 Å². The third kappa shape index (κ3) is 2.90. The van der Waals surface area contributed by atoms with Crippen molar-refractivity contribution >= 4 is 28.1 Å². The molecule has 8 nitrogen and oxygen atoms in total. The lowest BCUT2D eigenvalue weighted by atomic mass is 9.94. The summed E-state index contributed by atoms with van der Waals surface area (Å²) in [4.78, 5) is 45.7. The average molecular weight is 376 g/mol. The molecule has 2 atom stereocenters. The molecule has 5 heterocycles. The number of nitrogens with zero attached hydrogens (tertiary/aromatic N) is 4. The van der Waals surface area contributed by atoms with E-state index in [4.69, 9.17) is 4.74 Å². The van der Waals surface area contributed by atoms with E-state index in [0.29, 0.717) is 36.9 Å². The number of amides is 2. The van der Waals surface area contributed by atoms with Gasteiger partial charge in [-0.15, -0.1) is 11.3 Å². The lowest BCUT2D eigenvalue weighted by Crippen LogP contribution is -2.49. The van der Waals surface area contributed by atoms with Gasteiger partial charge in [-0.2, -0.15) is 4.98 Å². The van der Waals surface area contributed by atoms with Crippen molar-refractivity contribution < 1.29 is 14.3 Å². The predicted molar refractivity (Wildman–Crippen MR) is 95.3 cm³/mol. The molecule has 0 aliphatic carbocycles. The van der Waals surface area contributed by atoms with E-state index in [1.54, 1.807) is 28.0 Å². The fourth-order valence-corrected chi connectivity index (χ4v) is 4.59. The third-order valence-electron chi connectivity index (χ3n) is 5.15. The van der Waals surface area contributed by atoms with Crippen molar-refractivity contribution in [2.24, 2.45) is 5.92 Å². The normalized spacial score (nSPS) is 22.9. The molecule has 138 valence electrons. The van der Waals surface area contributed by atoms with Crippen LogP contribution in [0.2, 0.25) is 0 Å². The molecule has 2 bridgehead atoms. The average Bonchev–Trinajstić information content (AvgIpc) is 2.92. The predicted octanol–water partition coefficient (Wildman–Crippen LogP) is 0.465. The van der Waals surface area contributed by atoms with Gasteiger partial charge in [-0.1, -0.05) is 0 Å². The highest BCUT2D eigenvalue weighted by Gasteiger charge is 2.42. The molecule has 2 amide bonds. The summed E-state index contributed by atoms with van der Waals surface area (Å²) in [6.45, 7) is 1.90. The van der Waals surface area contributed by atoms with Crippen molar-refractivity contribution in [2.45, 2.75) is 18.9 Å². The molecule has 0 spiro atoms. The zero-order chi connectivity index (χ0) is 18.3. The van der Waals surface area contributed by atoms with E-state index < -0.39 is 5.56 Å². The van der Waals surface area contributed by atoms with Crippen molar-refractivity contribution in [3.63, 3.8) is 0 Å². The molecule has 2 aromatic heterocycles. The van der Waals surface area contributed by atoms with Crippen molar-refractivity contribution in [3.8, 4) is 0 Å². The van der Waals surface area contributed by atoms with Gasteiger partial charge in [0.05, 0.1) is 12.5 Å². The number of carbonyl (C=O) groups is 2. The molecular formula is C17H20N4O4S. The second-order valence-electron chi connectivity index (χ2n) is 6.70. The van der Waals surface area contributed by atoms with Crippen molar-refractivity contribution in [3.05, 3.63) is 33.7 Å². The van der Waals surface area contributed by atoms with Crippen LogP contribution in [0.1, 0.15) is 23.3 Å². The molecule has 0 radical (unpaired) electrons. The minimum Gasteiger partial charge on any atom is -0.383 e. The Morgan fingerprint density at radius 3 is 3.00 bits per heavy atom. The Kier molecular flexibility index (Phi) is 4.49. The number of piperidine rings is 1. The van der Waals surface area contributed by atoms with Crippen LogP contribution in [-0.2, 0) is 9.53 Å². The summed E-state index contributed by atoms with van der Waals surface area (Å²) in [5.41, 5.74) is -0.121. The Balaban J connectivity index is 1.64. The monoisotopic (exact) mass is 376 g/mol. The topological polar surface area (TPSA) is 84.2 Å². The van der Waals surface area contributed by atoms with Gasteiger partial charge in [0.15, 0.2) is 4.96 Å². The summed E-state index contributed by atoms with van der Waals surface area (Å²) in [5, 5.41) is 1.79. The number of rotatable bonds is 4.